The second-order valence-electron chi connectivity index (χ2n) is 4.81. The minimum Gasteiger partial charge on any atom is -0.478 e. The molecule has 0 fully saturated rings. The number of hydrogen-bond donors (Lipinski definition) is 1. The lowest BCUT2D eigenvalue weighted by molar-refractivity contribution is 0.0599. The highest BCUT2D eigenvalue weighted by molar-refractivity contribution is 5.89. The molecule has 0 saturated heterocycles. The molecule has 2 aromatic carbocycles. The van der Waals surface area contributed by atoms with Crippen LogP contribution in [0.5, 0.6) is 0 Å². The summed E-state index contributed by atoms with van der Waals surface area (Å²) in [5, 5.41) is 9.04. The van der Waals surface area contributed by atoms with Crippen LogP contribution < -0.4 is 0 Å². The number of carbonyl (C=O) groups excluding carboxylic acids is 1. The lowest BCUT2D eigenvalue weighted by Gasteiger charge is -2.08. The average molecular weight is 284 g/mol. The third-order valence-corrected chi connectivity index (χ3v) is 3.37. The summed E-state index contributed by atoms with van der Waals surface area (Å²) in [6.45, 7) is 1.95. The monoisotopic (exact) mass is 284 g/mol. The first-order valence-corrected chi connectivity index (χ1v) is 6.51. The Balaban J connectivity index is 2.23. The van der Waals surface area contributed by atoms with E-state index in [-0.39, 0.29) is 11.5 Å². The van der Waals surface area contributed by atoms with Gasteiger partial charge >= 0.3 is 11.9 Å². The van der Waals surface area contributed by atoms with Crippen LogP contribution in [0.1, 0.15) is 37.4 Å². The van der Waals surface area contributed by atoms with Gasteiger partial charge in [0.25, 0.3) is 0 Å². The van der Waals surface area contributed by atoms with E-state index in [4.69, 9.17) is 5.11 Å². The Morgan fingerprint density at radius 2 is 1.67 bits per heavy atom. The number of carboxylic acids is 1. The van der Waals surface area contributed by atoms with Crippen molar-refractivity contribution < 1.29 is 19.4 Å². The second kappa shape index (κ2) is 6.22. The molecular weight excluding hydrogens is 268 g/mol. The number of ether oxygens (including phenoxy) is 1. The van der Waals surface area contributed by atoms with Gasteiger partial charge in [0, 0.05) is 0 Å². The van der Waals surface area contributed by atoms with Gasteiger partial charge in [-0.05, 0) is 54.3 Å². The molecule has 0 amide bonds. The zero-order valence-electron chi connectivity index (χ0n) is 11.9. The minimum absolute atomic E-state index is 0.279. The van der Waals surface area contributed by atoms with E-state index in [1.807, 2.05) is 25.1 Å². The number of aryl methyl sites for hydroxylation is 1. The van der Waals surface area contributed by atoms with E-state index < -0.39 is 5.97 Å². The van der Waals surface area contributed by atoms with Gasteiger partial charge in [-0.2, -0.15) is 0 Å². The predicted molar refractivity (Wildman–Crippen MR) is 78.7 cm³/mol. The fourth-order valence-corrected chi connectivity index (χ4v) is 2.09. The number of methoxy groups -OCH3 is 1. The molecule has 0 saturated carbocycles. The van der Waals surface area contributed by atoms with Crippen molar-refractivity contribution in [1.82, 2.24) is 0 Å². The Morgan fingerprint density at radius 3 is 2.24 bits per heavy atom. The van der Waals surface area contributed by atoms with Gasteiger partial charge in [-0.1, -0.05) is 18.2 Å². The first kappa shape index (κ1) is 14.8. The third-order valence-electron chi connectivity index (χ3n) is 3.37. The number of carboxylic acid groups (broad SMARTS) is 1. The second-order valence-corrected chi connectivity index (χ2v) is 4.81. The van der Waals surface area contributed by atoms with Crippen molar-refractivity contribution in [2.45, 2.75) is 13.3 Å². The van der Waals surface area contributed by atoms with Crippen molar-refractivity contribution in [2.75, 3.05) is 7.11 Å². The first-order valence-electron chi connectivity index (χ1n) is 6.51. The number of hydrogen-bond acceptors (Lipinski definition) is 3. The summed E-state index contributed by atoms with van der Waals surface area (Å²) >= 11 is 0. The Kier molecular flexibility index (Phi) is 4.38. The summed E-state index contributed by atoms with van der Waals surface area (Å²) in [4.78, 5) is 22.4. The van der Waals surface area contributed by atoms with Gasteiger partial charge < -0.3 is 9.84 Å². The summed E-state index contributed by atoms with van der Waals surface area (Å²) in [5.41, 5.74) is 3.78. The van der Waals surface area contributed by atoms with Crippen LogP contribution in [0, 0.1) is 6.92 Å². The van der Waals surface area contributed by atoms with Crippen molar-refractivity contribution in [3.8, 4) is 0 Å². The molecule has 0 aromatic heterocycles. The summed E-state index contributed by atoms with van der Waals surface area (Å²) in [6, 6.07) is 12.2. The molecule has 2 rings (SSSR count). The highest BCUT2D eigenvalue weighted by Crippen LogP contribution is 2.17. The van der Waals surface area contributed by atoms with Crippen LogP contribution in [0.2, 0.25) is 0 Å². The zero-order chi connectivity index (χ0) is 15.4. The van der Waals surface area contributed by atoms with Crippen LogP contribution >= 0.6 is 0 Å². The van der Waals surface area contributed by atoms with E-state index >= 15 is 0 Å². The molecule has 2 aromatic rings. The van der Waals surface area contributed by atoms with Gasteiger partial charge in [0.1, 0.15) is 0 Å². The molecule has 0 bridgehead atoms. The van der Waals surface area contributed by atoms with Crippen LogP contribution in [0.15, 0.2) is 42.5 Å². The molecule has 0 atom stereocenters. The van der Waals surface area contributed by atoms with E-state index in [0.717, 1.165) is 16.7 Å². The maximum Gasteiger partial charge on any atom is 0.337 e. The summed E-state index contributed by atoms with van der Waals surface area (Å²) < 4.78 is 4.65. The molecule has 4 nitrogen and oxygen atoms in total. The number of esters is 1. The van der Waals surface area contributed by atoms with Gasteiger partial charge in [-0.15, -0.1) is 0 Å². The van der Waals surface area contributed by atoms with Crippen LogP contribution in [0.25, 0.3) is 0 Å². The highest BCUT2D eigenvalue weighted by atomic mass is 16.5. The van der Waals surface area contributed by atoms with Crippen LogP contribution in [0.3, 0.4) is 0 Å². The molecule has 0 unspecified atom stereocenters. The van der Waals surface area contributed by atoms with Crippen molar-refractivity contribution in [1.29, 1.82) is 0 Å². The largest absolute Gasteiger partial charge is 0.478 e. The number of benzene rings is 2. The SMILES string of the molecule is COC(=O)c1ccc(Cc2cc(C(=O)O)ccc2C)cc1. The third kappa shape index (κ3) is 3.48. The lowest BCUT2D eigenvalue weighted by Crippen LogP contribution is -2.02. The van der Waals surface area contributed by atoms with Crippen molar-refractivity contribution in [2.24, 2.45) is 0 Å². The van der Waals surface area contributed by atoms with Gasteiger partial charge in [0.2, 0.25) is 0 Å². The molecule has 0 spiro atoms. The molecule has 1 N–H and O–H groups in total. The summed E-state index contributed by atoms with van der Waals surface area (Å²) in [6.07, 6.45) is 0.619. The van der Waals surface area contributed by atoms with Crippen LogP contribution in [-0.4, -0.2) is 24.2 Å². The minimum atomic E-state index is -0.933. The number of aromatic carboxylic acids is 1. The predicted octanol–water partition coefficient (Wildman–Crippen LogP) is 3.07. The maximum atomic E-state index is 11.4. The van der Waals surface area contributed by atoms with Gasteiger partial charge in [-0.3, -0.25) is 0 Å². The summed E-state index contributed by atoms with van der Waals surface area (Å²) in [7, 11) is 1.34. The Bertz CT molecular complexity index is 672. The molecule has 0 radical (unpaired) electrons. The smallest absolute Gasteiger partial charge is 0.337 e. The van der Waals surface area contributed by atoms with E-state index in [2.05, 4.69) is 4.74 Å². The topological polar surface area (TPSA) is 63.6 Å². The zero-order valence-corrected chi connectivity index (χ0v) is 11.9. The average Bonchev–Trinajstić information content (AvgIpc) is 2.49. The van der Waals surface area contributed by atoms with Gasteiger partial charge in [0.15, 0.2) is 0 Å². The van der Waals surface area contributed by atoms with Gasteiger partial charge in [-0.25, -0.2) is 9.59 Å². The van der Waals surface area contributed by atoms with Crippen molar-refractivity contribution in [3.63, 3.8) is 0 Å². The van der Waals surface area contributed by atoms with Gasteiger partial charge in [0.05, 0.1) is 18.2 Å². The molecule has 108 valence electrons. The van der Waals surface area contributed by atoms with E-state index in [1.165, 1.54) is 7.11 Å². The number of rotatable bonds is 4. The van der Waals surface area contributed by atoms with Crippen LogP contribution in [-0.2, 0) is 11.2 Å². The first-order chi connectivity index (χ1) is 10.0. The fraction of sp³-hybridized carbons (Fsp3) is 0.176. The Hall–Kier alpha value is -2.62. The van der Waals surface area contributed by atoms with Crippen molar-refractivity contribution >= 4 is 11.9 Å². The van der Waals surface area contributed by atoms with E-state index in [1.54, 1.807) is 24.3 Å². The molecule has 21 heavy (non-hydrogen) atoms. The van der Waals surface area contributed by atoms with E-state index in [0.29, 0.717) is 12.0 Å². The highest BCUT2D eigenvalue weighted by Gasteiger charge is 2.08. The quantitative estimate of drug-likeness (QED) is 0.876. The number of carbonyl (C=O) groups is 2. The standard InChI is InChI=1S/C17H16O4/c1-11-3-6-14(16(18)19)10-15(11)9-12-4-7-13(8-5-12)17(20)21-2/h3-8,10H,9H2,1-2H3,(H,18,19). The Morgan fingerprint density at radius 1 is 1.05 bits per heavy atom. The molecule has 0 heterocycles. The molecule has 0 aliphatic carbocycles. The Labute approximate surface area is 123 Å². The maximum absolute atomic E-state index is 11.4. The molecule has 4 heteroatoms. The summed E-state index contributed by atoms with van der Waals surface area (Å²) in [5.74, 6) is -1.30. The molecule has 0 aliphatic heterocycles. The lowest BCUT2D eigenvalue weighted by atomic mass is 9.97. The fourth-order valence-electron chi connectivity index (χ4n) is 2.09. The molecular formula is C17H16O4. The molecule has 0 aliphatic rings. The van der Waals surface area contributed by atoms with Crippen molar-refractivity contribution in [3.05, 3.63) is 70.3 Å². The van der Waals surface area contributed by atoms with Crippen LogP contribution in [0.4, 0.5) is 0 Å². The normalized spacial score (nSPS) is 10.2. The van der Waals surface area contributed by atoms with E-state index in [9.17, 15) is 9.59 Å².